The van der Waals surface area contributed by atoms with Gasteiger partial charge in [0.15, 0.2) is 0 Å². The van der Waals surface area contributed by atoms with E-state index in [1.807, 2.05) is 0 Å². The Hall–Kier alpha value is -0.560. The van der Waals surface area contributed by atoms with E-state index in [-0.39, 0.29) is 0 Å². The molecular weight excluding hydrogens is 254 g/mol. The molecule has 1 atom stereocenters. The molecule has 1 fully saturated rings. The van der Waals surface area contributed by atoms with Gasteiger partial charge >= 0.3 is 0 Å². The predicted octanol–water partition coefficient (Wildman–Crippen LogP) is 6.16. The Balaban J connectivity index is 2.47. The van der Waals surface area contributed by atoms with Crippen LogP contribution in [0.15, 0.2) is 23.3 Å². The van der Waals surface area contributed by atoms with E-state index >= 15 is 0 Å². The largest absolute Gasteiger partial charge is 0.308 e. The van der Waals surface area contributed by atoms with Crippen molar-refractivity contribution in [1.29, 1.82) is 0 Å². The molecule has 122 valence electrons. The van der Waals surface area contributed by atoms with Gasteiger partial charge in [-0.3, -0.25) is 0 Å². The average Bonchev–Trinajstić information content (AvgIpc) is 2.45. The number of hydrogen-bond donors (Lipinski definition) is 1. The smallest absolute Gasteiger partial charge is 0.0255 e. The van der Waals surface area contributed by atoms with Gasteiger partial charge in [0.2, 0.25) is 0 Å². The van der Waals surface area contributed by atoms with Crippen molar-refractivity contribution in [2.24, 2.45) is 0 Å². The van der Waals surface area contributed by atoms with E-state index in [2.05, 4.69) is 45.2 Å². The minimum absolute atomic E-state index is 0.597. The van der Waals surface area contributed by atoms with E-state index in [9.17, 15) is 0 Å². The fourth-order valence-electron chi connectivity index (χ4n) is 3.23. The Labute approximate surface area is 133 Å². The summed E-state index contributed by atoms with van der Waals surface area (Å²) in [5.74, 6) is 0. The molecule has 0 spiro atoms. The molecule has 0 saturated heterocycles. The van der Waals surface area contributed by atoms with Crippen molar-refractivity contribution in [1.82, 2.24) is 5.32 Å². The van der Waals surface area contributed by atoms with Gasteiger partial charge in [-0.05, 0) is 52.9 Å². The van der Waals surface area contributed by atoms with Crippen LogP contribution in [0.1, 0.15) is 91.9 Å². The summed E-state index contributed by atoms with van der Waals surface area (Å²) >= 11 is 0. The van der Waals surface area contributed by atoms with E-state index in [1.54, 1.807) is 5.57 Å². The molecule has 0 aromatic carbocycles. The Morgan fingerprint density at radius 1 is 1.14 bits per heavy atom. The van der Waals surface area contributed by atoms with E-state index in [0.29, 0.717) is 6.04 Å². The quantitative estimate of drug-likeness (QED) is 0.502. The first-order valence-corrected chi connectivity index (χ1v) is 9.18. The zero-order valence-electron chi connectivity index (χ0n) is 14.9. The van der Waals surface area contributed by atoms with E-state index in [0.717, 1.165) is 6.04 Å². The molecule has 1 rings (SSSR count). The van der Waals surface area contributed by atoms with Crippen molar-refractivity contribution < 1.29 is 0 Å². The van der Waals surface area contributed by atoms with Gasteiger partial charge in [-0.15, -0.1) is 0 Å². The number of allylic oxidation sites excluding steroid dienone is 3. The molecule has 1 aliphatic carbocycles. The molecule has 1 N–H and O–H groups in total. The number of rotatable bonds is 9. The van der Waals surface area contributed by atoms with E-state index in [4.69, 9.17) is 0 Å². The first-order chi connectivity index (χ1) is 10.1. The maximum absolute atomic E-state index is 3.93. The lowest BCUT2D eigenvalue weighted by Crippen LogP contribution is -2.38. The van der Waals surface area contributed by atoms with Gasteiger partial charge in [-0.25, -0.2) is 0 Å². The van der Waals surface area contributed by atoms with Crippen LogP contribution in [0.3, 0.4) is 0 Å². The topological polar surface area (TPSA) is 12.0 Å². The van der Waals surface area contributed by atoms with Crippen LogP contribution in [0, 0.1) is 0 Å². The summed E-state index contributed by atoms with van der Waals surface area (Å²) in [5.41, 5.74) is 2.99. The van der Waals surface area contributed by atoms with Gasteiger partial charge in [-0.1, -0.05) is 62.3 Å². The lowest BCUT2D eigenvalue weighted by molar-refractivity contribution is 0.345. The van der Waals surface area contributed by atoms with Crippen molar-refractivity contribution in [2.75, 3.05) is 0 Å². The second kappa shape index (κ2) is 11.1. The summed E-state index contributed by atoms with van der Waals surface area (Å²) in [4.78, 5) is 0. The standard InChI is InChI=1S/C20H37N/c1-5-6-13-20(21-19-14-8-7-9-15-19)16-18(4)12-10-11-17(2)3/h11,16,19-21H,5-10,12-15H2,1-4H3/b18-16+. The summed E-state index contributed by atoms with van der Waals surface area (Å²) < 4.78 is 0. The van der Waals surface area contributed by atoms with Crippen LogP contribution in [0.5, 0.6) is 0 Å². The highest BCUT2D eigenvalue weighted by molar-refractivity contribution is 5.07. The lowest BCUT2D eigenvalue weighted by Gasteiger charge is -2.27. The van der Waals surface area contributed by atoms with E-state index < -0.39 is 0 Å². The Bertz CT molecular complexity index is 317. The molecule has 1 unspecified atom stereocenters. The molecule has 0 heterocycles. The number of nitrogens with one attached hydrogen (secondary N) is 1. The first kappa shape index (κ1) is 18.5. The summed E-state index contributed by atoms with van der Waals surface area (Å²) in [5, 5.41) is 3.93. The minimum Gasteiger partial charge on any atom is -0.308 e. The van der Waals surface area contributed by atoms with Crippen LogP contribution >= 0.6 is 0 Å². The monoisotopic (exact) mass is 291 g/mol. The zero-order valence-corrected chi connectivity index (χ0v) is 14.9. The Morgan fingerprint density at radius 3 is 2.48 bits per heavy atom. The van der Waals surface area contributed by atoms with Gasteiger partial charge in [0.1, 0.15) is 0 Å². The maximum Gasteiger partial charge on any atom is 0.0255 e. The minimum atomic E-state index is 0.597. The van der Waals surface area contributed by atoms with Crippen LogP contribution in [-0.2, 0) is 0 Å². The van der Waals surface area contributed by atoms with Crippen LogP contribution < -0.4 is 5.32 Å². The zero-order chi connectivity index (χ0) is 15.5. The summed E-state index contributed by atoms with van der Waals surface area (Å²) in [6.45, 7) is 8.98. The number of hydrogen-bond acceptors (Lipinski definition) is 1. The van der Waals surface area contributed by atoms with Crippen LogP contribution in [0.2, 0.25) is 0 Å². The highest BCUT2D eigenvalue weighted by Gasteiger charge is 2.16. The van der Waals surface area contributed by atoms with Gasteiger partial charge in [0.05, 0.1) is 0 Å². The predicted molar refractivity (Wildman–Crippen MR) is 95.7 cm³/mol. The highest BCUT2D eigenvalue weighted by atomic mass is 14.9. The molecule has 1 aliphatic rings. The summed E-state index contributed by atoms with van der Waals surface area (Å²) in [6.07, 6.45) is 18.2. The second-order valence-electron chi connectivity index (χ2n) is 7.08. The third-order valence-corrected chi connectivity index (χ3v) is 4.50. The third-order valence-electron chi connectivity index (χ3n) is 4.50. The SMILES string of the molecule is CCCCC(/C=C(\C)CCC=C(C)C)NC1CCCCC1. The fourth-order valence-corrected chi connectivity index (χ4v) is 3.23. The van der Waals surface area contributed by atoms with Gasteiger partial charge in [0.25, 0.3) is 0 Å². The molecule has 0 aromatic heterocycles. The van der Waals surface area contributed by atoms with Crippen molar-refractivity contribution in [2.45, 2.75) is 104 Å². The van der Waals surface area contributed by atoms with Crippen molar-refractivity contribution in [3.05, 3.63) is 23.3 Å². The lowest BCUT2D eigenvalue weighted by atomic mass is 9.94. The fraction of sp³-hybridized carbons (Fsp3) is 0.800. The average molecular weight is 292 g/mol. The molecule has 1 heteroatoms. The van der Waals surface area contributed by atoms with Gasteiger partial charge < -0.3 is 5.32 Å². The molecule has 0 aromatic rings. The van der Waals surface area contributed by atoms with Crippen molar-refractivity contribution in [3.63, 3.8) is 0 Å². The molecule has 0 aliphatic heterocycles. The second-order valence-corrected chi connectivity index (χ2v) is 7.08. The van der Waals surface area contributed by atoms with Crippen LogP contribution in [0.25, 0.3) is 0 Å². The third kappa shape index (κ3) is 9.14. The molecule has 1 nitrogen and oxygen atoms in total. The Morgan fingerprint density at radius 2 is 1.86 bits per heavy atom. The van der Waals surface area contributed by atoms with Crippen molar-refractivity contribution in [3.8, 4) is 0 Å². The Kier molecular flexibility index (Phi) is 9.74. The first-order valence-electron chi connectivity index (χ1n) is 9.18. The van der Waals surface area contributed by atoms with Crippen LogP contribution in [-0.4, -0.2) is 12.1 Å². The maximum atomic E-state index is 3.93. The van der Waals surface area contributed by atoms with Crippen LogP contribution in [0.4, 0.5) is 0 Å². The van der Waals surface area contributed by atoms with Crippen molar-refractivity contribution >= 4 is 0 Å². The van der Waals surface area contributed by atoms with Gasteiger partial charge in [-0.2, -0.15) is 0 Å². The molecule has 0 radical (unpaired) electrons. The molecule has 21 heavy (non-hydrogen) atoms. The molecular formula is C20H37N. The molecule has 1 saturated carbocycles. The molecule has 0 amide bonds. The highest BCUT2D eigenvalue weighted by Crippen LogP contribution is 2.19. The van der Waals surface area contributed by atoms with Gasteiger partial charge in [0, 0.05) is 12.1 Å². The summed E-state index contributed by atoms with van der Waals surface area (Å²) in [6, 6.07) is 1.36. The number of unbranched alkanes of at least 4 members (excludes halogenated alkanes) is 1. The molecule has 0 bridgehead atoms. The summed E-state index contributed by atoms with van der Waals surface area (Å²) in [7, 11) is 0. The van der Waals surface area contributed by atoms with E-state index in [1.165, 1.54) is 69.8 Å². The normalized spacial score (nSPS) is 18.6.